The normalized spacial score (nSPS) is 32.2. The van der Waals surface area contributed by atoms with E-state index in [1.807, 2.05) is 20.8 Å². The summed E-state index contributed by atoms with van der Waals surface area (Å²) in [6, 6.07) is -1.76. The second-order valence-corrected chi connectivity index (χ2v) is 14.4. The number of hydrogen-bond donors (Lipinski definition) is 0. The highest BCUT2D eigenvalue weighted by Gasteiger charge is 2.53. The molecule has 4 fully saturated rings. The predicted molar refractivity (Wildman–Crippen MR) is 151 cm³/mol. The number of methoxy groups -OCH3 is 1. The van der Waals surface area contributed by atoms with Crippen LogP contribution in [-0.4, -0.2) is 77.1 Å². The smallest absolute Gasteiger partial charge is 0.413 e. The third-order valence-electron chi connectivity index (χ3n) is 9.08. The second kappa shape index (κ2) is 12.4. The topological polar surface area (TPSA) is 112 Å². The van der Waals surface area contributed by atoms with Gasteiger partial charge in [0.1, 0.15) is 23.3 Å². The Balaban J connectivity index is 1.66. The van der Waals surface area contributed by atoms with Crippen molar-refractivity contribution in [1.29, 1.82) is 0 Å². The van der Waals surface area contributed by atoms with Crippen molar-refractivity contribution in [2.75, 3.05) is 13.7 Å². The van der Waals surface area contributed by atoms with Gasteiger partial charge in [0.2, 0.25) is 0 Å². The summed E-state index contributed by atoms with van der Waals surface area (Å²) < 4.78 is 22.8. The Morgan fingerprint density at radius 1 is 0.659 bits per heavy atom. The third kappa shape index (κ3) is 7.47. The zero-order chi connectivity index (χ0) is 30.1. The van der Waals surface area contributed by atoms with Gasteiger partial charge < -0.3 is 18.9 Å². The van der Waals surface area contributed by atoms with Gasteiger partial charge in [-0.3, -0.25) is 9.80 Å². The van der Waals surface area contributed by atoms with Crippen molar-refractivity contribution in [2.24, 2.45) is 23.7 Å². The fourth-order valence-corrected chi connectivity index (χ4v) is 7.30. The van der Waals surface area contributed by atoms with Crippen LogP contribution in [0.3, 0.4) is 0 Å². The van der Waals surface area contributed by atoms with E-state index >= 15 is 0 Å². The molecular weight excluding hydrogens is 528 g/mol. The van der Waals surface area contributed by atoms with Gasteiger partial charge in [-0.2, -0.15) is 0 Å². The lowest BCUT2D eigenvalue weighted by atomic mass is 9.71. The molecule has 0 radical (unpaired) electrons. The van der Waals surface area contributed by atoms with Crippen LogP contribution in [0.4, 0.5) is 9.59 Å². The number of piperidine rings is 2. The molecule has 5 unspecified atom stereocenters. The van der Waals surface area contributed by atoms with Gasteiger partial charge in [-0.15, -0.1) is 0 Å². The van der Waals surface area contributed by atoms with Crippen LogP contribution in [0.25, 0.3) is 0 Å². The van der Waals surface area contributed by atoms with E-state index in [4.69, 9.17) is 18.9 Å². The van der Waals surface area contributed by atoms with Crippen molar-refractivity contribution in [2.45, 2.75) is 135 Å². The van der Waals surface area contributed by atoms with Crippen LogP contribution in [0, 0.1) is 23.7 Å². The molecule has 2 saturated heterocycles. The first kappa shape index (κ1) is 31.4. The van der Waals surface area contributed by atoms with Gasteiger partial charge in [0.25, 0.3) is 0 Å². The maximum absolute atomic E-state index is 14.1. The summed E-state index contributed by atoms with van der Waals surface area (Å²) in [7, 11) is 1.30. The molecule has 2 saturated carbocycles. The van der Waals surface area contributed by atoms with E-state index in [0.29, 0.717) is 31.2 Å². The first-order valence-electron chi connectivity index (χ1n) is 15.5. The van der Waals surface area contributed by atoms with Crippen molar-refractivity contribution < 1.29 is 38.1 Å². The summed E-state index contributed by atoms with van der Waals surface area (Å²) in [6.45, 7) is 11.1. The predicted octanol–water partition coefficient (Wildman–Crippen LogP) is 5.66. The monoisotopic (exact) mass is 578 g/mol. The molecule has 0 spiro atoms. The molecule has 0 aromatic heterocycles. The minimum atomic E-state index is -0.995. The number of carbonyl (C=O) groups excluding carboxylic acids is 4. The van der Waals surface area contributed by atoms with E-state index in [0.717, 1.165) is 51.4 Å². The van der Waals surface area contributed by atoms with Crippen molar-refractivity contribution in [3.63, 3.8) is 0 Å². The molecule has 2 amide bonds. The van der Waals surface area contributed by atoms with Crippen LogP contribution in [0.2, 0.25) is 0 Å². The number of likely N-dealkylation sites (tertiary alicyclic amines) is 2. The average Bonchev–Trinajstić information content (AvgIpc) is 2.89. The third-order valence-corrected chi connectivity index (χ3v) is 9.08. The Morgan fingerprint density at radius 2 is 1.20 bits per heavy atom. The lowest BCUT2D eigenvalue weighted by molar-refractivity contribution is -0.194. The van der Waals surface area contributed by atoms with Crippen LogP contribution in [-0.2, 0) is 28.5 Å². The molecule has 10 nitrogen and oxygen atoms in total. The van der Waals surface area contributed by atoms with Gasteiger partial charge in [-0.25, -0.2) is 19.2 Å². The van der Waals surface area contributed by atoms with Crippen LogP contribution < -0.4 is 0 Å². The zero-order valence-corrected chi connectivity index (χ0v) is 26.0. The van der Waals surface area contributed by atoms with E-state index in [9.17, 15) is 19.2 Å². The number of esters is 2. The Morgan fingerprint density at radius 3 is 1.80 bits per heavy atom. The Bertz CT molecular complexity index is 986. The SMILES string of the molecule is COC(=O)[C@H]1CC2CCCCC2C(OC(=O)[C@H]2CC3CCCCC3CN2C(=O)OC(C)(C)C)N1C(=O)OC(C)(C)C. The summed E-state index contributed by atoms with van der Waals surface area (Å²) in [5.74, 6) is -0.520. The zero-order valence-electron chi connectivity index (χ0n) is 26.0. The Kier molecular flexibility index (Phi) is 9.48. The second-order valence-electron chi connectivity index (χ2n) is 14.4. The minimum absolute atomic E-state index is 0.0976. The highest BCUT2D eigenvalue weighted by Crippen LogP contribution is 2.45. The molecule has 0 aromatic rings. The number of hydrogen-bond acceptors (Lipinski definition) is 8. The molecule has 2 aliphatic heterocycles. The van der Waals surface area contributed by atoms with E-state index < -0.39 is 53.6 Å². The maximum Gasteiger partial charge on any atom is 0.413 e. The van der Waals surface area contributed by atoms with E-state index in [1.54, 1.807) is 20.8 Å². The molecule has 4 aliphatic rings. The fraction of sp³-hybridized carbons (Fsp3) is 0.871. The van der Waals surface area contributed by atoms with Gasteiger partial charge in [0.15, 0.2) is 6.23 Å². The van der Waals surface area contributed by atoms with Crippen molar-refractivity contribution in [3.05, 3.63) is 0 Å². The van der Waals surface area contributed by atoms with Crippen LogP contribution in [0.15, 0.2) is 0 Å². The number of nitrogens with zero attached hydrogens (tertiary/aromatic N) is 2. The van der Waals surface area contributed by atoms with Crippen molar-refractivity contribution >= 4 is 24.1 Å². The Hall–Kier alpha value is -2.52. The number of amides is 2. The van der Waals surface area contributed by atoms with Gasteiger partial charge >= 0.3 is 24.1 Å². The molecule has 0 N–H and O–H groups in total. The molecule has 2 heterocycles. The molecule has 2 aliphatic carbocycles. The number of ether oxygens (including phenoxy) is 4. The molecular formula is C31H50N2O8. The molecule has 4 rings (SSSR count). The number of rotatable bonds is 3. The summed E-state index contributed by atoms with van der Waals surface area (Å²) in [5, 5.41) is 0. The lowest BCUT2D eigenvalue weighted by Gasteiger charge is -2.50. The molecule has 7 atom stereocenters. The maximum atomic E-state index is 14.1. The molecule has 10 heteroatoms. The first-order chi connectivity index (χ1) is 19.2. The summed E-state index contributed by atoms with van der Waals surface area (Å²) >= 11 is 0. The van der Waals surface area contributed by atoms with Crippen LogP contribution in [0.1, 0.15) is 106 Å². The summed E-state index contributed by atoms with van der Waals surface area (Å²) in [6.07, 6.45) is 6.55. The molecule has 0 bridgehead atoms. The Labute approximate surface area is 244 Å². The van der Waals surface area contributed by atoms with Crippen LogP contribution >= 0.6 is 0 Å². The largest absolute Gasteiger partial charge is 0.467 e. The van der Waals surface area contributed by atoms with Gasteiger partial charge in [0.05, 0.1) is 7.11 Å². The minimum Gasteiger partial charge on any atom is -0.467 e. The number of carbonyl (C=O) groups is 4. The van der Waals surface area contributed by atoms with Crippen molar-refractivity contribution in [1.82, 2.24) is 9.80 Å². The fourth-order valence-electron chi connectivity index (χ4n) is 7.30. The average molecular weight is 579 g/mol. The standard InChI is InChI=1S/C31H50N2O8/c1-30(2,3)40-28(36)32-18-21-14-9-8-12-19(21)16-23(32)27(35)39-25-22-15-11-10-13-20(22)17-24(26(34)38-7)33(25)29(37)41-31(4,5)6/h19-25H,8-18H2,1-7H3/t19?,20?,21?,22?,23-,24-,25?/m1/s1. The van der Waals surface area contributed by atoms with E-state index in [1.165, 1.54) is 16.9 Å². The van der Waals surface area contributed by atoms with E-state index in [-0.39, 0.29) is 11.8 Å². The van der Waals surface area contributed by atoms with E-state index in [2.05, 4.69) is 0 Å². The molecule has 0 aromatic carbocycles. The highest BCUT2D eigenvalue weighted by atomic mass is 16.6. The summed E-state index contributed by atoms with van der Waals surface area (Å²) in [4.78, 5) is 57.0. The van der Waals surface area contributed by atoms with Crippen molar-refractivity contribution in [3.8, 4) is 0 Å². The molecule has 41 heavy (non-hydrogen) atoms. The quantitative estimate of drug-likeness (QED) is 0.312. The summed E-state index contributed by atoms with van der Waals surface area (Å²) in [5.41, 5.74) is -1.53. The van der Waals surface area contributed by atoms with Gasteiger partial charge in [-0.05, 0) is 91.4 Å². The van der Waals surface area contributed by atoms with Crippen LogP contribution in [0.5, 0.6) is 0 Å². The highest BCUT2D eigenvalue weighted by molar-refractivity contribution is 5.84. The molecule has 232 valence electrons. The van der Waals surface area contributed by atoms with Gasteiger partial charge in [0, 0.05) is 12.5 Å². The van der Waals surface area contributed by atoms with Gasteiger partial charge in [-0.1, -0.05) is 32.1 Å². The first-order valence-corrected chi connectivity index (χ1v) is 15.5. The lowest BCUT2D eigenvalue weighted by Crippen LogP contribution is -2.63. The number of fused-ring (bicyclic) bond motifs is 2.